The van der Waals surface area contributed by atoms with Crippen molar-refractivity contribution in [1.82, 2.24) is 10.2 Å². The van der Waals surface area contributed by atoms with Gasteiger partial charge in [0.2, 0.25) is 5.91 Å². The van der Waals surface area contributed by atoms with Crippen LogP contribution in [0.2, 0.25) is 0 Å². The van der Waals surface area contributed by atoms with Crippen LogP contribution in [0.3, 0.4) is 0 Å². The van der Waals surface area contributed by atoms with Crippen LogP contribution in [0.4, 0.5) is 4.79 Å². The minimum atomic E-state index is -1.50. The number of primary amides is 1. The summed E-state index contributed by atoms with van der Waals surface area (Å²) in [6.45, 7) is 3.77. The number of aliphatic hydroxyl groups excluding tert-OH is 1. The lowest BCUT2D eigenvalue weighted by Gasteiger charge is -2.29. The summed E-state index contributed by atoms with van der Waals surface area (Å²) < 4.78 is 0. The highest BCUT2D eigenvalue weighted by atomic mass is 16.4. The first kappa shape index (κ1) is 22.2. The third kappa shape index (κ3) is 6.18. The largest absolute Gasteiger partial charge is 0.481 e. The van der Waals surface area contributed by atoms with Gasteiger partial charge in [-0.2, -0.15) is 0 Å². The molecule has 0 aliphatic carbocycles. The highest BCUT2D eigenvalue weighted by Crippen LogP contribution is 2.26. The summed E-state index contributed by atoms with van der Waals surface area (Å²) in [7, 11) is 0. The number of nitrogens with two attached hydrogens (primary N) is 1. The number of nitrogens with one attached hydrogen (secondary N) is 1. The molecular weight excluding hydrogens is 374 g/mol. The Morgan fingerprint density at radius 3 is 2.34 bits per heavy atom. The Kier molecular flexibility index (Phi) is 7.55. The Bertz CT molecular complexity index is 878. The van der Waals surface area contributed by atoms with Gasteiger partial charge >= 0.3 is 12.0 Å². The number of aliphatic hydroxyl groups is 1. The number of aliphatic carboxylic acids is 1. The third-order valence-electron chi connectivity index (χ3n) is 4.47. The van der Waals surface area contributed by atoms with Gasteiger partial charge in [-0.3, -0.25) is 9.59 Å². The number of hydrogen-bond acceptors (Lipinski definition) is 4. The van der Waals surface area contributed by atoms with Crippen molar-refractivity contribution in [3.05, 3.63) is 48.0 Å². The van der Waals surface area contributed by atoms with Crippen LogP contribution in [0.15, 0.2) is 42.5 Å². The van der Waals surface area contributed by atoms with Gasteiger partial charge < -0.3 is 26.2 Å². The van der Waals surface area contributed by atoms with E-state index in [2.05, 4.69) is 5.32 Å². The van der Waals surface area contributed by atoms with Crippen molar-refractivity contribution in [1.29, 1.82) is 0 Å². The first-order valence-corrected chi connectivity index (χ1v) is 9.41. The molecule has 0 aromatic heterocycles. The number of amides is 3. The molecule has 156 valence electrons. The topological polar surface area (TPSA) is 133 Å². The van der Waals surface area contributed by atoms with Gasteiger partial charge in [-0.25, -0.2) is 4.79 Å². The summed E-state index contributed by atoms with van der Waals surface area (Å²) in [6, 6.07) is 11.6. The van der Waals surface area contributed by atoms with Crippen LogP contribution in [0.25, 0.3) is 10.8 Å². The second-order valence-electron chi connectivity index (χ2n) is 7.39. The van der Waals surface area contributed by atoms with E-state index in [-0.39, 0.29) is 25.4 Å². The molecule has 0 fully saturated rings. The number of benzene rings is 2. The van der Waals surface area contributed by atoms with Gasteiger partial charge in [-0.15, -0.1) is 0 Å². The van der Waals surface area contributed by atoms with Crippen LogP contribution in [-0.4, -0.2) is 52.2 Å². The maximum Gasteiger partial charge on any atom is 0.318 e. The van der Waals surface area contributed by atoms with Crippen molar-refractivity contribution in [3.8, 4) is 0 Å². The highest BCUT2D eigenvalue weighted by molar-refractivity contribution is 5.87. The van der Waals surface area contributed by atoms with Crippen molar-refractivity contribution < 1.29 is 24.6 Å². The Hall–Kier alpha value is -3.13. The molecule has 8 heteroatoms. The molecule has 0 saturated carbocycles. The summed E-state index contributed by atoms with van der Waals surface area (Å²) >= 11 is 0. The van der Waals surface area contributed by atoms with Crippen LogP contribution < -0.4 is 11.1 Å². The fourth-order valence-electron chi connectivity index (χ4n) is 3.19. The molecule has 0 aliphatic rings. The van der Waals surface area contributed by atoms with Crippen molar-refractivity contribution in [2.24, 2.45) is 11.7 Å². The molecule has 0 heterocycles. The molecule has 0 saturated heterocycles. The number of carbonyl (C=O) groups excluding carboxylic acids is 2. The molecule has 0 spiro atoms. The van der Waals surface area contributed by atoms with Gasteiger partial charge in [0.05, 0.1) is 19.0 Å². The number of hydrogen-bond donors (Lipinski definition) is 4. The fourth-order valence-corrected chi connectivity index (χ4v) is 3.19. The Balaban J connectivity index is 2.32. The first-order chi connectivity index (χ1) is 13.7. The molecular formula is C21H27N3O5. The second-order valence-corrected chi connectivity index (χ2v) is 7.39. The predicted molar refractivity (Wildman–Crippen MR) is 109 cm³/mol. The molecule has 0 radical (unpaired) electrons. The number of fused-ring (bicyclic) bond motifs is 1. The lowest BCUT2D eigenvalue weighted by Crippen LogP contribution is -2.49. The Labute approximate surface area is 169 Å². The van der Waals surface area contributed by atoms with Crippen molar-refractivity contribution in [3.63, 3.8) is 0 Å². The zero-order valence-electron chi connectivity index (χ0n) is 16.5. The number of urea groups is 1. The van der Waals surface area contributed by atoms with Gasteiger partial charge in [0.25, 0.3) is 0 Å². The van der Waals surface area contributed by atoms with E-state index < -0.39 is 30.1 Å². The van der Waals surface area contributed by atoms with Gasteiger partial charge in [-0.1, -0.05) is 56.3 Å². The van der Waals surface area contributed by atoms with E-state index >= 15 is 0 Å². The van der Waals surface area contributed by atoms with E-state index in [9.17, 15) is 24.6 Å². The quantitative estimate of drug-likeness (QED) is 0.509. The number of nitrogens with zero attached hydrogens (tertiary/aromatic N) is 1. The van der Waals surface area contributed by atoms with Crippen molar-refractivity contribution in [2.45, 2.75) is 32.4 Å². The van der Waals surface area contributed by atoms with E-state index in [1.165, 1.54) is 4.90 Å². The van der Waals surface area contributed by atoms with E-state index in [1.807, 2.05) is 44.2 Å². The fraction of sp³-hybridized carbons (Fsp3) is 0.381. The normalized spacial score (nSPS) is 13.1. The van der Waals surface area contributed by atoms with E-state index in [0.717, 1.165) is 10.8 Å². The van der Waals surface area contributed by atoms with Gasteiger partial charge in [0, 0.05) is 6.54 Å². The van der Waals surface area contributed by atoms with E-state index in [0.29, 0.717) is 5.56 Å². The monoisotopic (exact) mass is 401 g/mol. The molecule has 5 N–H and O–H groups in total. The Morgan fingerprint density at radius 1 is 1.07 bits per heavy atom. The van der Waals surface area contributed by atoms with Crippen molar-refractivity contribution in [2.75, 3.05) is 13.1 Å². The molecule has 0 bridgehead atoms. The molecule has 29 heavy (non-hydrogen) atoms. The zero-order valence-corrected chi connectivity index (χ0v) is 16.5. The summed E-state index contributed by atoms with van der Waals surface area (Å²) in [5.74, 6) is -1.92. The van der Waals surface area contributed by atoms with E-state index in [1.54, 1.807) is 12.1 Å². The molecule has 2 aromatic carbocycles. The SMILES string of the molecule is CC(C)CN(CC(O)C(N)=O)C(=O)NC(CC(=O)O)c1cccc2ccccc12. The molecule has 2 aromatic rings. The van der Waals surface area contributed by atoms with Gasteiger partial charge in [0.15, 0.2) is 0 Å². The summed E-state index contributed by atoms with van der Waals surface area (Å²) in [4.78, 5) is 36.8. The summed E-state index contributed by atoms with van der Waals surface area (Å²) in [5.41, 5.74) is 5.79. The standard InChI is InChI=1S/C21H27N3O5/c1-13(2)11-24(12-18(25)20(22)28)21(29)23-17(10-19(26)27)16-9-5-7-14-6-3-4-8-15(14)16/h3-9,13,17-18,25H,10-12H2,1-2H3,(H2,22,28)(H,23,29)(H,26,27). The van der Waals surface area contributed by atoms with Crippen LogP contribution in [0, 0.1) is 5.92 Å². The van der Waals surface area contributed by atoms with Crippen LogP contribution in [0.5, 0.6) is 0 Å². The van der Waals surface area contributed by atoms with Gasteiger partial charge in [0.1, 0.15) is 6.10 Å². The zero-order chi connectivity index (χ0) is 21.6. The average molecular weight is 401 g/mol. The minimum Gasteiger partial charge on any atom is -0.481 e. The van der Waals surface area contributed by atoms with E-state index in [4.69, 9.17) is 5.73 Å². The third-order valence-corrected chi connectivity index (χ3v) is 4.47. The lowest BCUT2D eigenvalue weighted by atomic mass is 9.97. The average Bonchev–Trinajstić information content (AvgIpc) is 2.65. The molecule has 8 nitrogen and oxygen atoms in total. The highest BCUT2D eigenvalue weighted by Gasteiger charge is 2.26. The number of rotatable bonds is 9. The second kappa shape index (κ2) is 9.88. The minimum absolute atomic E-state index is 0.0660. The molecule has 2 unspecified atom stereocenters. The number of carbonyl (C=O) groups is 3. The first-order valence-electron chi connectivity index (χ1n) is 9.41. The Morgan fingerprint density at radius 2 is 1.72 bits per heavy atom. The summed E-state index contributed by atoms with van der Waals surface area (Å²) in [6.07, 6.45) is -1.82. The predicted octanol–water partition coefficient (Wildman–Crippen LogP) is 1.87. The van der Waals surface area contributed by atoms with Gasteiger partial charge in [-0.05, 0) is 22.3 Å². The smallest absolute Gasteiger partial charge is 0.318 e. The van der Waals surface area contributed by atoms with Crippen LogP contribution >= 0.6 is 0 Å². The number of carboxylic acid groups (broad SMARTS) is 1. The van der Waals surface area contributed by atoms with Crippen LogP contribution in [0.1, 0.15) is 31.9 Å². The molecule has 2 atom stereocenters. The maximum atomic E-state index is 12.9. The molecule has 0 aliphatic heterocycles. The number of carboxylic acids is 1. The lowest BCUT2D eigenvalue weighted by molar-refractivity contribution is -0.137. The molecule has 2 rings (SSSR count). The maximum absolute atomic E-state index is 12.9. The van der Waals surface area contributed by atoms with Crippen molar-refractivity contribution >= 4 is 28.7 Å². The summed E-state index contributed by atoms with van der Waals surface area (Å²) in [5, 5.41) is 23.7. The van der Waals surface area contributed by atoms with Crippen LogP contribution in [-0.2, 0) is 9.59 Å². The molecule has 3 amide bonds.